The normalized spacial score (nSPS) is 12.3. The Kier molecular flexibility index (Phi) is 7.03. The van der Waals surface area contributed by atoms with Crippen LogP contribution in [-0.4, -0.2) is 20.9 Å². The number of hydrogen-bond acceptors (Lipinski definition) is 3. The van der Waals surface area contributed by atoms with Crippen molar-refractivity contribution in [2.24, 2.45) is 0 Å². The zero-order valence-electron chi connectivity index (χ0n) is 17.7. The van der Waals surface area contributed by atoms with Crippen LogP contribution in [-0.2, 0) is 14.8 Å². The Morgan fingerprint density at radius 3 is 1.97 bits per heavy atom. The van der Waals surface area contributed by atoms with E-state index >= 15 is 0 Å². The molecule has 162 valence electrons. The van der Waals surface area contributed by atoms with Gasteiger partial charge in [0.25, 0.3) is 10.0 Å². The number of carbonyl (C=O) groups excluding carboxylic acids is 1. The summed E-state index contributed by atoms with van der Waals surface area (Å²) in [6.07, 6.45) is 0. The van der Waals surface area contributed by atoms with E-state index in [2.05, 4.69) is 5.32 Å². The van der Waals surface area contributed by atoms with E-state index in [9.17, 15) is 13.2 Å². The molecule has 0 unspecified atom stereocenters. The lowest BCUT2D eigenvalue weighted by Crippen LogP contribution is -2.41. The number of halogens is 1. The van der Waals surface area contributed by atoms with Crippen molar-refractivity contribution in [2.75, 3.05) is 10.8 Å². The van der Waals surface area contributed by atoms with Crippen LogP contribution in [0.5, 0.6) is 0 Å². The van der Waals surface area contributed by atoms with Gasteiger partial charge in [-0.1, -0.05) is 59.1 Å². The zero-order valence-corrected chi connectivity index (χ0v) is 19.2. The molecule has 1 atom stereocenters. The van der Waals surface area contributed by atoms with Crippen LogP contribution in [0.4, 0.5) is 5.69 Å². The summed E-state index contributed by atoms with van der Waals surface area (Å²) in [7, 11) is -3.97. The Labute approximate surface area is 188 Å². The second-order valence-electron chi connectivity index (χ2n) is 7.50. The summed E-state index contributed by atoms with van der Waals surface area (Å²) in [5.74, 6) is -0.397. The minimum atomic E-state index is -3.97. The summed E-state index contributed by atoms with van der Waals surface area (Å²) in [5, 5.41) is 3.33. The molecule has 0 aliphatic heterocycles. The fourth-order valence-corrected chi connectivity index (χ4v) is 4.66. The molecule has 3 aromatic carbocycles. The molecule has 0 radical (unpaired) electrons. The maximum Gasteiger partial charge on any atom is 0.264 e. The minimum Gasteiger partial charge on any atom is -0.348 e. The molecule has 3 rings (SSSR count). The average molecular weight is 457 g/mol. The summed E-state index contributed by atoms with van der Waals surface area (Å²) >= 11 is 5.91. The lowest BCUT2D eigenvalue weighted by molar-refractivity contribution is -0.120. The molecular formula is C24H25ClN2O3S. The van der Waals surface area contributed by atoms with Gasteiger partial charge >= 0.3 is 0 Å². The Hall–Kier alpha value is -2.83. The highest BCUT2D eigenvalue weighted by molar-refractivity contribution is 7.92. The van der Waals surface area contributed by atoms with Crippen molar-refractivity contribution in [2.45, 2.75) is 31.7 Å². The predicted octanol–water partition coefficient (Wildman–Crippen LogP) is 5.03. The number of sulfonamides is 1. The van der Waals surface area contributed by atoms with Gasteiger partial charge < -0.3 is 5.32 Å². The molecule has 0 aromatic heterocycles. The average Bonchev–Trinajstić information content (AvgIpc) is 2.73. The number of aryl methyl sites for hydroxylation is 2. The number of nitrogens with one attached hydrogen (secondary N) is 1. The van der Waals surface area contributed by atoms with Crippen molar-refractivity contribution in [3.63, 3.8) is 0 Å². The first-order valence-corrected chi connectivity index (χ1v) is 11.7. The Morgan fingerprint density at radius 1 is 0.903 bits per heavy atom. The van der Waals surface area contributed by atoms with Crippen LogP contribution >= 0.6 is 11.6 Å². The van der Waals surface area contributed by atoms with Crippen LogP contribution in [0.15, 0.2) is 77.7 Å². The molecule has 0 aliphatic carbocycles. The highest BCUT2D eigenvalue weighted by Gasteiger charge is 2.27. The number of rotatable bonds is 7. The highest BCUT2D eigenvalue weighted by atomic mass is 35.5. The van der Waals surface area contributed by atoms with Gasteiger partial charge in [0.05, 0.1) is 16.6 Å². The van der Waals surface area contributed by atoms with E-state index in [0.29, 0.717) is 10.7 Å². The third-order valence-electron chi connectivity index (χ3n) is 4.97. The van der Waals surface area contributed by atoms with Gasteiger partial charge in [0, 0.05) is 5.02 Å². The Balaban J connectivity index is 1.87. The van der Waals surface area contributed by atoms with Crippen molar-refractivity contribution < 1.29 is 13.2 Å². The van der Waals surface area contributed by atoms with Crippen LogP contribution < -0.4 is 9.62 Å². The van der Waals surface area contributed by atoms with Crippen molar-refractivity contribution >= 4 is 33.2 Å². The highest BCUT2D eigenvalue weighted by Crippen LogP contribution is 2.25. The third kappa shape index (κ3) is 5.66. The van der Waals surface area contributed by atoms with Gasteiger partial charge in [-0.3, -0.25) is 9.10 Å². The van der Waals surface area contributed by atoms with E-state index < -0.39 is 15.9 Å². The van der Waals surface area contributed by atoms with Crippen LogP contribution in [0.1, 0.15) is 29.7 Å². The molecule has 1 N–H and O–H groups in total. The fourth-order valence-electron chi connectivity index (χ4n) is 3.12. The van der Waals surface area contributed by atoms with E-state index in [0.717, 1.165) is 21.0 Å². The van der Waals surface area contributed by atoms with Crippen molar-refractivity contribution in [3.05, 3.63) is 94.5 Å². The standard InChI is InChI=1S/C24H25ClN2O3S/c1-17-4-8-20(9-5-17)19(3)26-24(28)16-27(22-12-6-18(2)7-13-22)31(29,30)23-14-10-21(25)11-15-23/h4-15,19H,16H2,1-3H3,(H,26,28)/t19-/m0/s1. The lowest BCUT2D eigenvalue weighted by atomic mass is 10.1. The molecule has 31 heavy (non-hydrogen) atoms. The molecular weight excluding hydrogens is 432 g/mol. The van der Waals surface area contributed by atoms with Crippen LogP contribution in [0.2, 0.25) is 5.02 Å². The van der Waals surface area contributed by atoms with Crippen LogP contribution in [0.25, 0.3) is 0 Å². The van der Waals surface area contributed by atoms with Gasteiger partial charge in [-0.25, -0.2) is 8.42 Å². The van der Waals surface area contributed by atoms with Gasteiger partial charge in [-0.15, -0.1) is 0 Å². The molecule has 0 fully saturated rings. The lowest BCUT2D eigenvalue weighted by Gasteiger charge is -2.25. The van der Waals surface area contributed by atoms with Crippen LogP contribution in [0, 0.1) is 13.8 Å². The SMILES string of the molecule is Cc1ccc([C@H](C)NC(=O)CN(c2ccc(C)cc2)S(=O)(=O)c2ccc(Cl)cc2)cc1. The van der Waals surface area contributed by atoms with E-state index in [4.69, 9.17) is 11.6 Å². The number of nitrogens with zero attached hydrogens (tertiary/aromatic N) is 1. The number of hydrogen-bond donors (Lipinski definition) is 1. The molecule has 1 amide bonds. The first-order chi connectivity index (χ1) is 14.7. The maximum absolute atomic E-state index is 13.4. The van der Waals surface area contributed by atoms with Gasteiger partial charge in [0.2, 0.25) is 5.91 Å². The van der Waals surface area contributed by atoms with Gasteiger partial charge in [-0.05, 0) is 62.7 Å². The van der Waals surface area contributed by atoms with E-state index in [1.54, 1.807) is 12.1 Å². The van der Waals surface area contributed by atoms with Gasteiger partial charge in [0.15, 0.2) is 0 Å². The first-order valence-electron chi connectivity index (χ1n) is 9.88. The summed E-state index contributed by atoms with van der Waals surface area (Å²) in [4.78, 5) is 12.9. The largest absolute Gasteiger partial charge is 0.348 e. The third-order valence-corrected chi connectivity index (χ3v) is 7.01. The molecule has 0 heterocycles. The predicted molar refractivity (Wildman–Crippen MR) is 125 cm³/mol. The first kappa shape index (κ1) is 22.8. The van der Waals surface area contributed by atoms with Crippen LogP contribution in [0.3, 0.4) is 0 Å². The second kappa shape index (κ2) is 9.54. The molecule has 0 spiro atoms. The van der Waals surface area contributed by atoms with E-state index in [1.807, 2.05) is 57.2 Å². The number of carbonyl (C=O) groups is 1. The van der Waals surface area contributed by atoms with Crippen molar-refractivity contribution in [3.8, 4) is 0 Å². The maximum atomic E-state index is 13.4. The second-order valence-corrected chi connectivity index (χ2v) is 9.80. The summed E-state index contributed by atoms with van der Waals surface area (Å²) in [6, 6.07) is 20.5. The monoisotopic (exact) mass is 456 g/mol. The number of benzene rings is 3. The summed E-state index contributed by atoms with van der Waals surface area (Å²) in [6.45, 7) is 5.43. The Morgan fingerprint density at radius 2 is 1.42 bits per heavy atom. The molecule has 7 heteroatoms. The fraction of sp³-hybridized carbons (Fsp3) is 0.208. The topological polar surface area (TPSA) is 66.5 Å². The molecule has 0 saturated carbocycles. The van der Waals surface area contributed by atoms with Gasteiger partial charge in [0.1, 0.15) is 6.54 Å². The summed E-state index contributed by atoms with van der Waals surface area (Å²) in [5.41, 5.74) is 3.48. The summed E-state index contributed by atoms with van der Waals surface area (Å²) < 4.78 is 27.8. The minimum absolute atomic E-state index is 0.0665. The molecule has 0 saturated heterocycles. The molecule has 0 bridgehead atoms. The van der Waals surface area contributed by atoms with E-state index in [1.165, 1.54) is 24.3 Å². The number of amides is 1. The smallest absolute Gasteiger partial charge is 0.264 e. The zero-order chi connectivity index (χ0) is 22.6. The quantitative estimate of drug-likeness (QED) is 0.542. The molecule has 5 nitrogen and oxygen atoms in total. The van der Waals surface area contributed by atoms with E-state index in [-0.39, 0.29) is 17.5 Å². The number of anilines is 1. The Bertz CT molecular complexity index is 1140. The van der Waals surface area contributed by atoms with Gasteiger partial charge in [-0.2, -0.15) is 0 Å². The molecule has 3 aromatic rings. The van der Waals surface area contributed by atoms with Crippen molar-refractivity contribution in [1.29, 1.82) is 0 Å². The van der Waals surface area contributed by atoms with Crippen molar-refractivity contribution in [1.82, 2.24) is 5.32 Å². The molecule has 0 aliphatic rings.